The summed E-state index contributed by atoms with van der Waals surface area (Å²) in [5, 5.41) is 13.6. The fourth-order valence-corrected chi connectivity index (χ4v) is 4.63. The maximum Gasteiger partial charge on any atom is 0.295 e. The van der Waals surface area contributed by atoms with Gasteiger partial charge >= 0.3 is 0 Å². The van der Waals surface area contributed by atoms with E-state index in [1.807, 2.05) is 0 Å². The van der Waals surface area contributed by atoms with Crippen LogP contribution in [0.1, 0.15) is 23.6 Å². The molecule has 35 heavy (non-hydrogen) atoms. The van der Waals surface area contributed by atoms with E-state index in [4.69, 9.17) is 14.2 Å². The van der Waals surface area contributed by atoms with Crippen LogP contribution < -0.4 is 19.5 Å². The first-order chi connectivity index (χ1) is 16.9. The lowest BCUT2D eigenvalue weighted by molar-refractivity contribution is -0.908. The molecule has 4 rings (SSSR count). The molecule has 186 valence electrons. The molecule has 2 aromatic carbocycles. The van der Waals surface area contributed by atoms with Crippen LogP contribution in [0.4, 0.5) is 4.39 Å². The molecule has 2 aliphatic heterocycles. The maximum absolute atomic E-state index is 13.6. The number of amides is 1. The van der Waals surface area contributed by atoms with Crippen LogP contribution in [0.25, 0.3) is 5.76 Å². The Hall–Kier alpha value is -3.43. The minimum Gasteiger partial charge on any atom is -0.872 e. The van der Waals surface area contributed by atoms with Crippen molar-refractivity contribution in [2.75, 3.05) is 53.6 Å². The van der Waals surface area contributed by atoms with Crippen LogP contribution in [-0.4, -0.2) is 70.2 Å². The average molecular weight is 485 g/mol. The zero-order valence-corrected chi connectivity index (χ0v) is 19.8. The summed E-state index contributed by atoms with van der Waals surface area (Å²) in [6.07, 6.45) is 0.657. The smallest absolute Gasteiger partial charge is 0.295 e. The van der Waals surface area contributed by atoms with Crippen molar-refractivity contribution in [2.45, 2.75) is 12.5 Å². The molecule has 1 atom stereocenters. The molecular formula is C26H29FN2O6. The van der Waals surface area contributed by atoms with Crippen LogP contribution in [0.15, 0.2) is 48.0 Å². The molecule has 2 fully saturated rings. The first-order valence-corrected chi connectivity index (χ1v) is 11.6. The molecule has 0 spiro atoms. The van der Waals surface area contributed by atoms with Gasteiger partial charge < -0.3 is 29.1 Å². The summed E-state index contributed by atoms with van der Waals surface area (Å²) in [5.74, 6) is -1.80. The Morgan fingerprint density at radius 1 is 1.09 bits per heavy atom. The Balaban J connectivity index is 1.69. The predicted molar refractivity (Wildman–Crippen MR) is 123 cm³/mol. The monoisotopic (exact) mass is 484 g/mol. The van der Waals surface area contributed by atoms with Gasteiger partial charge in [0.15, 0.2) is 11.5 Å². The second kappa shape index (κ2) is 10.9. The molecule has 2 aliphatic rings. The number of hydrogen-bond donors (Lipinski definition) is 1. The van der Waals surface area contributed by atoms with Gasteiger partial charge in [-0.25, -0.2) is 4.39 Å². The van der Waals surface area contributed by atoms with Gasteiger partial charge in [-0.3, -0.25) is 9.59 Å². The van der Waals surface area contributed by atoms with Gasteiger partial charge in [0.1, 0.15) is 18.9 Å². The van der Waals surface area contributed by atoms with E-state index in [9.17, 15) is 19.1 Å². The molecular weight excluding hydrogens is 455 g/mol. The van der Waals surface area contributed by atoms with Crippen LogP contribution in [0.5, 0.6) is 11.5 Å². The topological polar surface area (TPSA) is 92.6 Å². The molecule has 2 heterocycles. The summed E-state index contributed by atoms with van der Waals surface area (Å²) in [6, 6.07) is 9.23. The van der Waals surface area contributed by atoms with Crippen molar-refractivity contribution in [1.29, 1.82) is 0 Å². The highest BCUT2D eigenvalue weighted by molar-refractivity contribution is 6.46. The van der Waals surface area contributed by atoms with Crippen LogP contribution >= 0.6 is 0 Å². The number of nitrogens with one attached hydrogen (secondary N) is 1. The Morgan fingerprint density at radius 2 is 1.77 bits per heavy atom. The molecule has 1 unspecified atom stereocenters. The summed E-state index contributed by atoms with van der Waals surface area (Å²) in [7, 11) is 2.93. The highest BCUT2D eigenvalue weighted by Crippen LogP contribution is 2.39. The lowest BCUT2D eigenvalue weighted by Gasteiger charge is -2.29. The highest BCUT2D eigenvalue weighted by atomic mass is 19.1. The number of quaternary nitrogens is 1. The van der Waals surface area contributed by atoms with E-state index in [1.54, 1.807) is 6.07 Å². The quantitative estimate of drug-likeness (QED) is 0.331. The van der Waals surface area contributed by atoms with Gasteiger partial charge in [-0.2, -0.15) is 0 Å². The molecule has 1 N–H and O–H groups in total. The van der Waals surface area contributed by atoms with E-state index in [0.29, 0.717) is 43.2 Å². The number of carbonyl (C=O) groups is 2. The predicted octanol–water partition coefficient (Wildman–Crippen LogP) is 0.372. The standard InChI is InChI=1S/C26H29FN2O6/c1-33-20-9-6-18(16-21(20)34-2)24(30)22-23(17-4-7-19(27)8-5-17)29(26(32)25(22)31)11-3-10-28-12-14-35-15-13-28/h4-9,16,23,30H,3,10-15H2,1-2H3. The van der Waals surface area contributed by atoms with Crippen molar-refractivity contribution in [1.82, 2.24) is 4.90 Å². The largest absolute Gasteiger partial charge is 0.872 e. The summed E-state index contributed by atoms with van der Waals surface area (Å²) >= 11 is 0. The van der Waals surface area contributed by atoms with Crippen LogP contribution in [0, 0.1) is 5.82 Å². The molecule has 1 amide bonds. The van der Waals surface area contributed by atoms with Gasteiger partial charge in [0.2, 0.25) is 5.78 Å². The SMILES string of the molecule is COc1ccc(C([O-])=C2C(=O)C(=O)N(CCC[NH+]3CCOCC3)C2c2ccc(F)cc2)cc1OC. The highest BCUT2D eigenvalue weighted by Gasteiger charge is 2.44. The summed E-state index contributed by atoms with van der Waals surface area (Å²) in [6.45, 7) is 4.31. The molecule has 8 nitrogen and oxygen atoms in total. The minimum atomic E-state index is -0.893. The molecule has 2 aromatic rings. The maximum atomic E-state index is 13.6. The van der Waals surface area contributed by atoms with Crippen molar-refractivity contribution in [3.63, 3.8) is 0 Å². The van der Waals surface area contributed by atoms with Gasteiger partial charge in [-0.1, -0.05) is 24.0 Å². The third kappa shape index (κ3) is 5.16. The third-order valence-corrected chi connectivity index (χ3v) is 6.49. The van der Waals surface area contributed by atoms with Crippen molar-refractivity contribution >= 4 is 17.4 Å². The van der Waals surface area contributed by atoms with Crippen LogP contribution in [0.2, 0.25) is 0 Å². The number of carbonyl (C=O) groups excluding carboxylic acids is 2. The van der Waals surface area contributed by atoms with Crippen LogP contribution in [0.3, 0.4) is 0 Å². The lowest BCUT2D eigenvalue weighted by atomic mass is 9.95. The van der Waals surface area contributed by atoms with Crippen molar-refractivity contribution in [3.8, 4) is 11.5 Å². The molecule has 2 saturated heterocycles. The van der Waals surface area contributed by atoms with Gasteiger partial charge in [0.25, 0.3) is 5.91 Å². The van der Waals surface area contributed by atoms with E-state index in [1.165, 1.54) is 60.4 Å². The zero-order chi connectivity index (χ0) is 24.9. The Bertz CT molecular complexity index is 1110. The normalized spacial score (nSPS) is 20.3. The second-order valence-corrected chi connectivity index (χ2v) is 8.56. The van der Waals surface area contributed by atoms with Crippen molar-refractivity contribution < 1.29 is 38.2 Å². The molecule has 0 radical (unpaired) electrons. The average Bonchev–Trinajstić information content (AvgIpc) is 3.14. The number of morpholine rings is 1. The number of rotatable bonds is 8. The Labute approximate surface area is 203 Å². The van der Waals surface area contributed by atoms with Crippen molar-refractivity contribution in [2.24, 2.45) is 0 Å². The molecule has 0 bridgehead atoms. The Kier molecular flexibility index (Phi) is 7.67. The van der Waals surface area contributed by atoms with E-state index >= 15 is 0 Å². The Morgan fingerprint density at radius 3 is 2.43 bits per heavy atom. The van der Waals surface area contributed by atoms with E-state index in [-0.39, 0.29) is 11.1 Å². The van der Waals surface area contributed by atoms with Gasteiger partial charge in [-0.05, 0) is 35.4 Å². The van der Waals surface area contributed by atoms with Gasteiger partial charge in [0, 0.05) is 18.5 Å². The number of Topliss-reactive ketones (excluding diaryl/α,β-unsaturated/α-hetero) is 1. The molecule has 0 aliphatic carbocycles. The number of benzene rings is 2. The first kappa shape index (κ1) is 24.7. The number of likely N-dealkylation sites (tertiary alicyclic amines) is 1. The van der Waals surface area contributed by atoms with Crippen LogP contribution in [-0.2, 0) is 14.3 Å². The van der Waals surface area contributed by atoms with Crippen molar-refractivity contribution in [3.05, 3.63) is 65.0 Å². The number of halogens is 1. The molecule has 0 saturated carbocycles. The van der Waals surface area contributed by atoms with E-state index < -0.39 is 29.3 Å². The van der Waals surface area contributed by atoms with Gasteiger partial charge in [-0.15, -0.1) is 0 Å². The number of nitrogens with zero attached hydrogens (tertiary/aromatic N) is 1. The lowest BCUT2D eigenvalue weighted by Crippen LogP contribution is -3.14. The first-order valence-electron chi connectivity index (χ1n) is 11.6. The fraction of sp³-hybridized carbons (Fsp3) is 0.385. The summed E-state index contributed by atoms with van der Waals surface area (Å²) < 4.78 is 29.6. The number of methoxy groups -OCH3 is 2. The number of ether oxygens (including phenoxy) is 3. The zero-order valence-electron chi connectivity index (χ0n) is 19.8. The second-order valence-electron chi connectivity index (χ2n) is 8.56. The number of ketones is 1. The molecule has 0 aromatic heterocycles. The molecule has 9 heteroatoms. The summed E-state index contributed by atoms with van der Waals surface area (Å²) in [4.78, 5) is 29.0. The minimum absolute atomic E-state index is 0.146. The fourth-order valence-electron chi connectivity index (χ4n) is 4.63. The third-order valence-electron chi connectivity index (χ3n) is 6.49. The van der Waals surface area contributed by atoms with E-state index in [2.05, 4.69) is 0 Å². The number of hydrogen-bond acceptors (Lipinski definition) is 6. The van der Waals surface area contributed by atoms with E-state index in [0.717, 1.165) is 19.6 Å². The van der Waals surface area contributed by atoms with Gasteiger partial charge in [0.05, 0.1) is 40.0 Å². The summed E-state index contributed by atoms with van der Waals surface area (Å²) in [5.41, 5.74) is 0.561.